The molecule has 1 unspecified atom stereocenters. The van der Waals surface area contributed by atoms with Gasteiger partial charge in [0.05, 0.1) is 18.1 Å². The molecular formula is C16H18B3ClFN2O8P. The van der Waals surface area contributed by atoms with Crippen LogP contribution in [0.5, 0.6) is 5.75 Å². The Morgan fingerprint density at radius 3 is 2.78 bits per heavy atom. The molecule has 1 aromatic carbocycles. The molecule has 1 fully saturated rings. The van der Waals surface area contributed by atoms with Gasteiger partial charge in [0.2, 0.25) is 5.85 Å². The first-order chi connectivity index (χ1) is 14.8. The number of fused-ring (bicyclic) bond motifs is 1. The van der Waals surface area contributed by atoms with E-state index in [2.05, 4.69) is 0 Å². The highest BCUT2D eigenvalue weighted by molar-refractivity contribution is 7.49. The molecule has 2 aliphatic heterocycles. The van der Waals surface area contributed by atoms with E-state index in [9.17, 15) is 19.3 Å². The van der Waals surface area contributed by atoms with Gasteiger partial charge in [0.15, 0.2) is 7.85 Å². The third-order valence-electron chi connectivity index (χ3n) is 5.62. The van der Waals surface area contributed by atoms with E-state index in [1.165, 1.54) is 23.5 Å². The molecule has 1 aromatic heterocycles. The zero-order chi connectivity index (χ0) is 23.5. The molecule has 3 heterocycles. The molecule has 2 aromatic rings. The van der Waals surface area contributed by atoms with Gasteiger partial charge >= 0.3 is 13.5 Å². The molecule has 0 radical (unpaired) electrons. The Kier molecular flexibility index (Phi) is 5.55. The fourth-order valence-electron chi connectivity index (χ4n) is 3.63. The highest BCUT2D eigenvalue weighted by atomic mass is 35.5. The van der Waals surface area contributed by atoms with Crippen LogP contribution in [0, 0.1) is 0 Å². The molecule has 4 rings (SSSR count). The quantitative estimate of drug-likeness (QED) is 0.398. The van der Waals surface area contributed by atoms with Crippen LogP contribution in [0.1, 0.15) is 12.0 Å². The molecule has 32 heavy (non-hydrogen) atoms. The highest BCUT2D eigenvalue weighted by Crippen LogP contribution is 2.59. The number of nitrogens with zero attached hydrogens (tertiary/aromatic N) is 1. The van der Waals surface area contributed by atoms with E-state index in [1.807, 2.05) is 4.98 Å². The first-order valence-electron chi connectivity index (χ1n) is 9.61. The number of phosphoric ester groups is 1. The van der Waals surface area contributed by atoms with Crippen LogP contribution < -0.4 is 15.8 Å². The smallest absolute Gasteiger partial charge is 0.404 e. The average Bonchev–Trinajstić information content (AvgIpc) is 2.94. The maximum atomic E-state index is 16.1. The minimum absolute atomic E-state index is 0.0741. The van der Waals surface area contributed by atoms with Gasteiger partial charge in [-0.25, -0.2) is 13.8 Å². The summed E-state index contributed by atoms with van der Waals surface area (Å²) >= 11 is 5.79. The van der Waals surface area contributed by atoms with Crippen molar-refractivity contribution < 1.29 is 32.4 Å². The Morgan fingerprint density at radius 2 is 2.06 bits per heavy atom. The number of aliphatic hydroxyl groups is 1. The molecule has 0 aliphatic carbocycles. The second-order valence-corrected chi connectivity index (χ2v) is 10.2. The summed E-state index contributed by atoms with van der Waals surface area (Å²) < 4.78 is 51.6. The van der Waals surface area contributed by atoms with Crippen LogP contribution in [0.4, 0.5) is 4.39 Å². The van der Waals surface area contributed by atoms with Gasteiger partial charge in [-0.3, -0.25) is 23.4 Å². The molecule has 0 amide bonds. The number of ether oxygens (including phenoxy) is 1. The number of halogens is 2. The van der Waals surface area contributed by atoms with Crippen LogP contribution in [0.15, 0.2) is 40.1 Å². The zero-order valence-electron chi connectivity index (χ0n) is 17.3. The fourth-order valence-corrected chi connectivity index (χ4v) is 5.33. The summed E-state index contributed by atoms with van der Waals surface area (Å²) in [6.45, 7) is -0.0741. The van der Waals surface area contributed by atoms with Gasteiger partial charge in [-0.2, -0.15) is 0 Å². The summed E-state index contributed by atoms with van der Waals surface area (Å²) in [7, 11) is -0.509. The third-order valence-corrected chi connectivity index (χ3v) is 7.43. The van der Waals surface area contributed by atoms with Crippen LogP contribution in [-0.2, 0) is 30.6 Å². The van der Waals surface area contributed by atoms with E-state index >= 15 is 4.39 Å². The van der Waals surface area contributed by atoms with Crippen molar-refractivity contribution in [2.24, 2.45) is 0 Å². The molecule has 1 saturated heterocycles. The average molecular weight is 484 g/mol. The lowest BCUT2D eigenvalue weighted by atomic mass is 9.60. The standard InChI is InChI=1S/C16H18B3ClFN2O8P/c17-15(23-6-9(20)12(25)22-13(23)26)11(24)5-14(21,30-15)16(18,19)31-32(27)28-7-8-3-1-2-4-10(8)29-32/h1-4,6,11,24H,5,7,17-19H2,(H,22,25,26)/t11-,14+,15+,32?/m1/s1. The van der Waals surface area contributed by atoms with Crippen molar-refractivity contribution in [3.05, 3.63) is 61.9 Å². The molecule has 0 bridgehead atoms. The van der Waals surface area contributed by atoms with Crippen molar-refractivity contribution >= 4 is 43.0 Å². The number of phosphoric acid groups is 1. The van der Waals surface area contributed by atoms with E-state index in [-0.39, 0.29) is 17.4 Å². The van der Waals surface area contributed by atoms with E-state index < -0.39 is 48.5 Å². The second-order valence-electron chi connectivity index (χ2n) is 8.23. The van der Waals surface area contributed by atoms with E-state index in [1.54, 1.807) is 24.3 Å². The van der Waals surface area contributed by atoms with Gasteiger partial charge in [-0.15, -0.1) is 0 Å². The predicted octanol–water partition coefficient (Wildman–Crippen LogP) is -1.47. The predicted molar refractivity (Wildman–Crippen MR) is 119 cm³/mol. The van der Waals surface area contributed by atoms with Crippen LogP contribution in [0.2, 0.25) is 5.02 Å². The van der Waals surface area contributed by atoms with E-state index in [0.717, 1.165) is 10.8 Å². The lowest BCUT2D eigenvalue weighted by Gasteiger charge is -2.40. The molecule has 4 atom stereocenters. The topological polar surface area (TPSA) is 129 Å². The van der Waals surface area contributed by atoms with Gasteiger partial charge in [-0.1, -0.05) is 29.8 Å². The minimum atomic E-state index is -4.26. The van der Waals surface area contributed by atoms with Crippen molar-refractivity contribution in [2.75, 3.05) is 0 Å². The highest BCUT2D eigenvalue weighted by Gasteiger charge is 2.63. The van der Waals surface area contributed by atoms with Gasteiger partial charge in [0, 0.05) is 18.2 Å². The van der Waals surface area contributed by atoms with Gasteiger partial charge < -0.3 is 14.4 Å². The Hall–Kier alpha value is -1.82. The number of aromatic nitrogens is 2. The number of benzene rings is 1. The molecule has 0 spiro atoms. The van der Waals surface area contributed by atoms with Crippen LogP contribution in [0.25, 0.3) is 0 Å². The number of rotatable bonds is 4. The minimum Gasteiger partial charge on any atom is -0.404 e. The molecule has 168 valence electrons. The number of H-pyrrole nitrogens is 1. The van der Waals surface area contributed by atoms with Crippen molar-refractivity contribution in [1.29, 1.82) is 0 Å². The second kappa shape index (κ2) is 7.61. The number of hydrogen-bond acceptors (Lipinski definition) is 8. The molecule has 2 aliphatic rings. The number of hydrogen-bond donors (Lipinski definition) is 2. The summed E-state index contributed by atoms with van der Waals surface area (Å²) in [4.78, 5) is 25.8. The van der Waals surface area contributed by atoms with Crippen LogP contribution >= 0.6 is 19.4 Å². The Morgan fingerprint density at radius 1 is 1.38 bits per heavy atom. The fraction of sp³-hybridized carbons (Fsp3) is 0.375. The summed E-state index contributed by atoms with van der Waals surface area (Å²) in [6.07, 6.45) is -1.28. The molecule has 2 N–H and O–H groups in total. The zero-order valence-corrected chi connectivity index (χ0v) is 19.0. The number of aliphatic hydroxyl groups excluding tert-OH is 1. The monoisotopic (exact) mass is 484 g/mol. The summed E-state index contributed by atoms with van der Waals surface area (Å²) in [5, 5.41) is 8.31. The van der Waals surface area contributed by atoms with E-state index in [4.69, 9.17) is 29.9 Å². The normalized spacial score (nSPS) is 32.3. The van der Waals surface area contributed by atoms with Crippen LogP contribution in [0.3, 0.4) is 0 Å². The summed E-state index contributed by atoms with van der Waals surface area (Å²) in [5.74, 6) is -2.47. The first kappa shape index (κ1) is 23.3. The third kappa shape index (κ3) is 3.78. The SMILES string of the molecule is BC(B)(OP1(=O)OCc2ccccc2O1)[C@]1(F)C[C@@H](O)[C@](B)(n2cc(Cl)c(=O)[nH]c2=O)O1. The lowest BCUT2D eigenvalue weighted by Crippen LogP contribution is -2.56. The summed E-state index contributed by atoms with van der Waals surface area (Å²) in [5.41, 5.74) is -3.13. The number of alkyl halides is 1. The Bertz CT molecular complexity index is 1240. The largest absolute Gasteiger partial charge is 0.529 e. The van der Waals surface area contributed by atoms with Gasteiger partial charge in [-0.05, 0) is 6.07 Å². The molecule has 0 saturated carbocycles. The van der Waals surface area contributed by atoms with Crippen molar-refractivity contribution in [3.8, 4) is 5.75 Å². The molecular weight excluding hydrogens is 466 g/mol. The van der Waals surface area contributed by atoms with Crippen molar-refractivity contribution in [2.45, 2.75) is 36.0 Å². The number of para-hydroxylation sites is 1. The van der Waals surface area contributed by atoms with Gasteiger partial charge in [0.25, 0.3) is 5.56 Å². The van der Waals surface area contributed by atoms with Gasteiger partial charge in [0.1, 0.15) is 32.1 Å². The number of nitrogens with one attached hydrogen (secondary N) is 1. The Balaban J connectivity index is 1.63. The first-order valence-corrected chi connectivity index (χ1v) is 11.4. The van der Waals surface area contributed by atoms with Crippen molar-refractivity contribution in [3.63, 3.8) is 0 Å². The lowest BCUT2D eigenvalue weighted by molar-refractivity contribution is -0.219. The van der Waals surface area contributed by atoms with Crippen LogP contribution in [-0.4, -0.2) is 55.6 Å². The number of aromatic amines is 1. The Labute approximate surface area is 188 Å². The molecule has 16 heteroatoms. The maximum absolute atomic E-state index is 16.1. The van der Waals surface area contributed by atoms with E-state index in [0.29, 0.717) is 5.56 Å². The maximum Gasteiger partial charge on any atom is 0.529 e. The molecule has 10 nitrogen and oxygen atoms in total. The van der Waals surface area contributed by atoms with Crippen molar-refractivity contribution in [1.82, 2.24) is 9.55 Å². The summed E-state index contributed by atoms with van der Waals surface area (Å²) in [6, 6.07) is 6.72.